The minimum absolute atomic E-state index is 0.0748. The van der Waals surface area contributed by atoms with Crippen LogP contribution >= 0.6 is 11.3 Å². The molecule has 0 atom stereocenters. The van der Waals surface area contributed by atoms with Crippen LogP contribution in [0.5, 0.6) is 0 Å². The minimum atomic E-state index is -0.473. The lowest BCUT2D eigenvalue weighted by Gasteiger charge is -2.07. The number of aromatic nitrogens is 2. The van der Waals surface area contributed by atoms with Crippen LogP contribution in [0.4, 0.5) is 0 Å². The number of benzene rings is 1. The molecule has 0 unspecified atom stereocenters. The van der Waals surface area contributed by atoms with Gasteiger partial charge in [0.25, 0.3) is 0 Å². The molecule has 0 N–H and O–H groups in total. The molecule has 2 heterocycles. The van der Waals surface area contributed by atoms with Crippen LogP contribution in [-0.2, 0) is 16.0 Å². The van der Waals surface area contributed by atoms with Crippen LogP contribution in [0.2, 0.25) is 0 Å². The van der Waals surface area contributed by atoms with Gasteiger partial charge in [0.15, 0.2) is 6.61 Å². The third-order valence-corrected chi connectivity index (χ3v) is 4.53. The summed E-state index contributed by atoms with van der Waals surface area (Å²) >= 11 is 1.54. The van der Waals surface area contributed by atoms with E-state index in [1.165, 1.54) is 0 Å². The van der Waals surface area contributed by atoms with Crippen LogP contribution < -0.4 is 0 Å². The number of ether oxygens (including phenoxy) is 1. The molecule has 3 rings (SSSR count). The normalized spacial score (nSPS) is 10.7. The summed E-state index contributed by atoms with van der Waals surface area (Å²) in [5, 5.41) is 7.73. The van der Waals surface area contributed by atoms with E-state index in [0.29, 0.717) is 17.3 Å². The summed E-state index contributed by atoms with van der Waals surface area (Å²) in [4.78, 5) is 28.3. The average molecular weight is 370 g/mol. The molecule has 0 bridgehead atoms. The molecule has 0 fully saturated rings. The number of hydrogen-bond acceptors (Lipinski definition) is 7. The van der Waals surface area contributed by atoms with Gasteiger partial charge >= 0.3 is 5.97 Å². The molecular formula is C19H18N2O4S. The number of thiophene rings is 1. The Morgan fingerprint density at radius 2 is 2.08 bits per heavy atom. The van der Waals surface area contributed by atoms with E-state index in [0.717, 1.165) is 16.7 Å². The first kappa shape index (κ1) is 18.0. The number of Topliss-reactive ketones (excluding diaryl/α,β-unsaturated/α-hetero) is 1. The van der Waals surface area contributed by atoms with Gasteiger partial charge in [0.1, 0.15) is 0 Å². The van der Waals surface area contributed by atoms with Gasteiger partial charge in [0.05, 0.1) is 6.42 Å². The molecule has 134 valence electrons. The van der Waals surface area contributed by atoms with Gasteiger partial charge in [-0.15, -0.1) is 0 Å². The van der Waals surface area contributed by atoms with Crippen molar-refractivity contribution in [2.45, 2.75) is 26.7 Å². The highest BCUT2D eigenvalue weighted by Crippen LogP contribution is 2.19. The first-order valence-corrected chi connectivity index (χ1v) is 9.08. The van der Waals surface area contributed by atoms with Gasteiger partial charge in [-0.2, -0.15) is 16.3 Å². The molecule has 3 aromatic rings. The summed E-state index contributed by atoms with van der Waals surface area (Å²) in [7, 11) is 0. The Balaban J connectivity index is 1.49. The van der Waals surface area contributed by atoms with E-state index in [-0.39, 0.29) is 25.2 Å². The third kappa shape index (κ3) is 4.43. The highest BCUT2D eigenvalue weighted by Gasteiger charge is 2.14. The maximum atomic E-state index is 12.2. The van der Waals surface area contributed by atoms with Crippen molar-refractivity contribution in [2.24, 2.45) is 0 Å². The molecule has 0 spiro atoms. The Morgan fingerprint density at radius 1 is 1.23 bits per heavy atom. The fourth-order valence-corrected chi connectivity index (χ4v) is 3.04. The zero-order valence-electron chi connectivity index (χ0n) is 14.5. The number of ketones is 1. The Kier molecular flexibility index (Phi) is 5.58. The molecule has 7 heteroatoms. The van der Waals surface area contributed by atoms with E-state index >= 15 is 0 Å². The quantitative estimate of drug-likeness (QED) is 0.465. The topological polar surface area (TPSA) is 82.3 Å². The van der Waals surface area contributed by atoms with Crippen LogP contribution in [0.3, 0.4) is 0 Å². The van der Waals surface area contributed by atoms with E-state index < -0.39 is 5.97 Å². The van der Waals surface area contributed by atoms with Crippen molar-refractivity contribution in [2.75, 3.05) is 6.61 Å². The SMILES string of the molecule is Cc1ccc(C)c(C(=O)COC(=O)CCc2nc(-c3ccsc3)no2)c1. The molecule has 0 aliphatic heterocycles. The lowest BCUT2D eigenvalue weighted by molar-refractivity contribution is -0.142. The third-order valence-electron chi connectivity index (χ3n) is 3.85. The smallest absolute Gasteiger partial charge is 0.306 e. The number of carbonyl (C=O) groups excluding carboxylic acids is 2. The van der Waals surface area contributed by atoms with Gasteiger partial charge in [-0.3, -0.25) is 9.59 Å². The number of nitrogens with zero attached hydrogens (tertiary/aromatic N) is 2. The maximum Gasteiger partial charge on any atom is 0.306 e. The zero-order chi connectivity index (χ0) is 18.5. The van der Waals surface area contributed by atoms with Crippen molar-refractivity contribution in [1.82, 2.24) is 10.1 Å². The molecule has 0 aliphatic carbocycles. The van der Waals surface area contributed by atoms with Crippen molar-refractivity contribution in [3.8, 4) is 11.4 Å². The molecule has 1 aromatic carbocycles. The molecule has 2 aromatic heterocycles. The summed E-state index contributed by atoms with van der Waals surface area (Å²) < 4.78 is 10.2. The zero-order valence-corrected chi connectivity index (χ0v) is 15.3. The second kappa shape index (κ2) is 8.05. The van der Waals surface area contributed by atoms with E-state index in [9.17, 15) is 9.59 Å². The van der Waals surface area contributed by atoms with Crippen molar-refractivity contribution in [1.29, 1.82) is 0 Å². The van der Waals surface area contributed by atoms with Gasteiger partial charge in [-0.25, -0.2) is 0 Å². The molecule has 0 aliphatic rings. The van der Waals surface area contributed by atoms with E-state index in [1.807, 2.05) is 42.8 Å². The molecule has 0 saturated heterocycles. The Bertz CT molecular complexity index is 916. The van der Waals surface area contributed by atoms with Crippen molar-refractivity contribution >= 4 is 23.1 Å². The number of rotatable bonds is 7. The number of carbonyl (C=O) groups is 2. The number of esters is 1. The molecule has 0 amide bonds. The maximum absolute atomic E-state index is 12.2. The highest BCUT2D eigenvalue weighted by atomic mass is 32.1. The first-order chi connectivity index (χ1) is 12.5. The summed E-state index contributed by atoms with van der Waals surface area (Å²) in [6.45, 7) is 3.50. The van der Waals surface area contributed by atoms with Crippen LogP contribution in [0.25, 0.3) is 11.4 Å². The van der Waals surface area contributed by atoms with Crippen LogP contribution in [0, 0.1) is 13.8 Å². The lowest BCUT2D eigenvalue weighted by Crippen LogP contribution is -2.15. The second-order valence-corrected chi connectivity index (χ2v) is 6.71. The van der Waals surface area contributed by atoms with Gasteiger partial charge in [0.2, 0.25) is 17.5 Å². The fourth-order valence-electron chi connectivity index (χ4n) is 2.41. The largest absolute Gasteiger partial charge is 0.457 e. The van der Waals surface area contributed by atoms with Gasteiger partial charge in [-0.05, 0) is 36.9 Å². The summed E-state index contributed by atoms with van der Waals surface area (Å²) in [5.41, 5.74) is 3.31. The van der Waals surface area contributed by atoms with Crippen molar-refractivity contribution in [3.05, 3.63) is 57.6 Å². The lowest BCUT2D eigenvalue weighted by atomic mass is 10.0. The van der Waals surface area contributed by atoms with Crippen LogP contribution in [0.1, 0.15) is 33.8 Å². The van der Waals surface area contributed by atoms with E-state index in [1.54, 1.807) is 17.4 Å². The molecule has 0 saturated carbocycles. The van der Waals surface area contributed by atoms with Gasteiger partial charge < -0.3 is 9.26 Å². The summed E-state index contributed by atoms with van der Waals surface area (Å²) in [6, 6.07) is 7.51. The Morgan fingerprint density at radius 3 is 2.85 bits per heavy atom. The number of aryl methyl sites for hydroxylation is 3. The Labute approximate surface area is 154 Å². The van der Waals surface area contributed by atoms with E-state index in [2.05, 4.69) is 10.1 Å². The van der Waals surface area contributed by atoms with Crippen molar-refractivity contribution < 1.29 is 18.8 Å². The first-order valence-electron chi connectivity index (χ1n) is 8.14. The molecule has 6 nitrogen and oxygen atoms in total. The predicted octanol–water partition coefficient (Wildman–Crippen LogP) is 3.77. The monoisotopic (exact) mass is 370 g/mol. The summed E-state index contributed by atoms with van der Waals surface area (Å²) in [6.07, 6.45) is 0.346. The van der Waals surface area contributed by atoms with Crippen molar-refractivity contribution in [3.63, 3.8) is 0 Å². The van der Waals surface area contributed by atoms with Gasteiger partial charge in [-0.1, -0.05) is 22.9 Å². The molecule has 0 radical (unpaired) electrons. The molecule has 26 heavy (non-hydrogen) atoms. The second-order valence-electron chi connectivity index (χ2n) is 5.93. The predicted molar refractivity (Wildman–Crippen MR) is 97.1 cm³/mol. The van der Waals surface area contributed by atoms with E-state index in [4.69, 9.17) is 9.26 Å². The highest BCUT2D eigenvalue weighted by molar-refractivity contribution is 7.08. The number of hydrogen-bond donors (Lipinski definition) is 0. The minimum Gasteiger partial charge on any atom is -0.457 e. The van der Waals surface area contributed by atoms with Crippen LogP contribution in [-0.4, -0.2) is 28.5 Å². The Hall–Kier alpha value is -2.80. The van der Waals surface area contributed by atoms with Gasteiger partial charge in [0, 0.05) is 22.9 Å². The summed E-state index contributed by atoms with van der Waals surface area (Å²) in [5.74, 6) is 0.180. The fraction of sp³-hybridized carbons (Fsp3) is 0.263. The molecular weight excluding hydrogens is 352 g/mol. The standard InChI is InChI=1S/C19H18N2O4S/c1-12-3-4-13(2)15(9-12)16(22)10-24-18(23)6-5-17-20-19(21-25-17)14-7-8-26-11-14/h3-4,7-9,11H,5-6,10H2,1-2H3. The average Bonchev–Trinajstić information content (AvgIpc) is 3.31. The van der Waals surface area contributed by atoms with Crippen LogP contribution in [0.15, 0.2) is 39.5 Å².